The molecule has 6 aromatic carbocycles. The van der Waals surface area contributed by atoms with Crippen molar-refractivity contribution in [1.29, 1.82) is 0 Å². The van der Waals surface area contributed by atoms with Crippen LogP contribution in [0.3, 0.4) is 0 Å². The Hall–Kier alpha value is -3.84. The Balaban J connectivity index is 1.69. The van der Waals surface area contributed by atoms with Gasteiger partial charge in [0.15, 0.2) is 0 Å². The fourth-order valence-corrected chi connectivity index (χ4v) is 6.49. The molecule has 1 aromatic heterocycles. The normalized spacial score (nSPS) is 12.8. The first-order chi connectivity index (χ1) is 17.5. The molecular weight excluding hydrogens is 457 g/mol. The molecule has 1 N–H and O–H groups in total. The van der Waals surface area contributed by atoms with Gasteiger partial charge in [0.25, 0.3) is 0 Å². The van der Waals surface area contributed by atoms with Gasteiger partial charge in [0.1, 0.15) is 0 Å². The van der Waals surface area contributed by atoms with Crippen molar-refractivity contribution in [1.82, 2.24) is 4.98 Å². The Morgan fingerprint density at radius 2 is 1.11 bits per heavy atom. The molecule has 174 valence electrons. The van der Waals surface area contributed by atoms with Crippen LogP contribution in [0.2, 0.25) is 0 Å². The maximum absolute atomic E-state index is 10.9. The van der Waals surface area contributed by atoms with Crippen LogP contribution in [0.5, 0.6) is 0 Å². The second kappa shape index (κ2) is 7.83. The van der Waals surface area contributed by atoms with Gasteiger partial charge in [-0.2, -0.15) is 0 Å². The summed E-state index contributed by atoms with van der Waals surface area (Å²) in [5.74, 6) is 0. The molecule has 0 bridgehead atoms. The molecule has 0 radical (unpaired) electrons. The van der Waals surface area contributed by atoms with Crippen molar-refractivity contribution in [2.45, 2.75) is 0 Å². The zero-order valence-corrected chi connectivity index (χ0v) is 21.3. The average molecular weight is 484 g/mol. The van der Waals surface area contributed by atoms with Crippen LogP contribution >= 0.6 is 7.49 Å². The predicted octanol–water partition coefficient (Wildman–Crippen LogP) is 8.06. The third-order valence-electron chi connectivity index (χ3n) is 7.40. The summed E-state index contributed by atoms with van der Waals surface area (Å²) in [6.45, 7) is 3.94. The molecule has 7 aromatic rings. The molecule has 1 heterocycles. The first-order valence-corrected chi connectivity index (χ1v) is 15.3. The number of aromatic nitrogens is 1. The fraction of sp³-hybridized carbons (Fsp3) is 0.0606. The molecule has 0 saturated heterocycles. The summed E-state index contributed by atoms with van der Waals surface area (Å²) >= 11 is 0. The van der Waals surface area contributed by atoms with Gasteiger partial charge in [-0.25, -0.2) is 0 Å². The van der Waals surface area contributed by atoms with Gasteiger partial charge < -0.3 is 0 Å². The summed E-state index contributed by atoms with van der Waals surface area (Å²) in [5.41, 5.74) is 4.40. The number of nitrogens with zero attached hydrogens (tertiary/aromatic N) is 1. The second-order valence-electron chi connectivity index (χ2n) is 10.2. The van der Waals surface area contributed by atoms with Crippen molar-refractivity contribution in [3.05, 3.63) is 109 Å². The Morgan fingerprint density at radius 3 is 1.86 bits per heavy atom. The van der Waals surface area contributed by atoms with E-state index in [9.17, 15) is 4.89 Å². The maximum atomic E-state index is 10.9. The van der Waals surface area contributed by atoms with Gasteiger partial charge in [-0.3, -0.25) is 0 Å². The molecule has 0 aliphatic rings. The van der Waals surface area contributed by atoms with Crippen molar-refractivity contribution >= 4 is 66.9 Å². The molecule has 0 fully saturated rings. The van der Waals surface area contributed by atoms with Crippen LogP contribution in [0.25, 0.3) is 65.3 Å². The molecule has 2 nitrogen and oxygen atoms in total. The molecule has 0 atom stereocenters. The van der Waals surface area contributed by atoms with Gasteiger partial charge in [-0.1, -0.05) is 0 Å². The average Bonchev–Trinajstić information content (AvgIpc) is 2.90. The van der Waals surface area contributed by atoms with Crippen LogP contribution in [0.4, 0.5) is 0 Å². The Bertz CT molecular complexity index is 1980. The van der Waals surface area contributed by atoms with E-state index in [1.165, 1.54) is 27.3 Å². The van der Waals surface area contributed by atoms with E-state index < -0.39 is 7.49 Å². The SMILES string of the molecule is C[PH](C)(O)c1ccc2ccc3c(-c4ccc5ccccc5c4)c4ccc5ccccc5c4nc3c2c1. The Kier molecular flexibility index (Phi) is 4.66. The molecule has 7 rings (SSSR count). The molecule has 0 aliphatic carbocycles. The van der Waals surface area contributed by atoms with Gasteiger partial charge in [0, 0.05) is 0 Å². The molecule has 0 unspecified atom stereocenters. The number of benzene rings is 6. The number of hydrogen-bond acceptors (Lipinski definition) is 2. The molecule has 0 spiro atoms. The van der Waals surface area contributed by atoms with Crippen molar-refractivity contribution in [3.8, 4) is 11.1 Å². The van der Waals surface area contributed by atoms with Crippen LogP contribution in [0, 0.1) is 0 Å². The third-order valence-corrected chi connectivity index (χ3v) is 9.12. The van der Waals surface area contributed by atoms with Crippen LogP contribution < -0.4 is 5.30 Å². The van der Waals surface area contributed by atoms with E-state index in [1.807, 2.05) is 13.3 Å². The fourth-order valence-electron chi connectivity index (χ4n) is 5.50. The quantitative estimate of drug-likeness (QED) is 0.153. The van der Waals surface area contributed by atoms with Crippen LogP contribution in [0.15, 0.2) is 109 Å². The van der Waals surface area contributed by atoms with Crippen molar-refractivity contribution in [3.63, 3.8) is 0 Å². The summed E-state index contributed by atoms with van der Waals surface area (Å²) in [7, 11) is -2.47. The first-order valence-electron chi connectivity index (χ1n) is 12.4. The van der Waals surface area contributed by atoms with Gasteiger partial charge in [-0.15, -0.1) is 0 Å². The zero-order chi connectivity index (χ0) is 24.4. The Morgan fingerprint density at radius 1 is 0.528 bits per heavy atom. The molecule has 0 amide bonds. The summed E-state index contributed by atoms with van der Waals surface area (Å²) in [5, 5.41) is 10.4. The van der Waals surface area contributed by atoms with E-state index in [2.05, 4.69) is 109 Å². The topological polar surface area (TPSA) is 33.1 Å². The Labute approximate surface area is 210 Å². The van der Waals surface area contributed by atoms with E-state index >= 15 is 0 Å². The number of hydrogen-bond donors (Lipinski definition) is 1. The van der Waals surface area contributed by atoms with Crippen molar-refractivity contribution in [2.24, 2.45) is 0 Å². The molecule has 0 saturated carbocycles. The molecule has 0 aliphatic heterocycles. The van der Waals surface area contributed by atoms with E-state index in [-0.39, 0.29) is 0 Å². The number of fused-ring (bicyclic) bond motifs is 7. The summed E-state index contributed by atoms with van der Waals surface area (Å²) in [4.78, 5) is 16.2. The predicted molar refractivity (Wildman–Crippen MR) is 159 cm³/mol. The van der Waals surface area contributed by atoms with Gasteiger partial charge in [0.05, 0.1) is 0 Å². The van der Waals surface area contributed by atoms with E-state index in [0.29, 0.717) is 0 Å². The number of rotatable bonds is 2. The summed E-state index contributed by atoms with van der Waals surface area (Å²) in [6, 6.07) is 38.9. The second-order valence-corrected chi connectivity index (χ2v) is 13.9. The van der Waals surface area contributed by atoms with Gasteiger partial charge in [-0.05, 0) is 0 Å². The summed E-state index contributed by atoms with van der Waals surface area (Å²) < 4.78 is 0. The minimum absolute atomic E-state index is 0.986. The molecule has 36 heavy (non-hydrogen) atoms. The van der Waals surface area contributed by atoms with Crippen LogP contribution in [-0.4, -0.2) is 23.2 Å². The first kappa shape index (κ1) is 21.4. The van der Waals surface area contributed by atoms with Crippen molar-refractivity contribution < 1.29 is 4.89 Å². The van der Waals surface area contributed by atoms with Crippen LogP contribution in [0.1, 0.15) is 0 Å². The third kappa shape index (κ3) is 3.30. The molecular formula is C33H26NOP. The molecule has 3 heteroatoms. The zero-order valence-electron chi connectivity index (χ0n) is 20.3. The number of pyridine rings is 1. The van der Waals surface area contributed by atoms with Gasteiger partial charge >= 0.3 is 210 Å². The van der Waals surface area contributed by atoms with Crippen LogP contribution in [-0.2, 0) is 0 Å². The van der Waals surface area contributed by atoms with E-state index in [0.717, 1.165) is 43.3 Å². The van der Waals surface area contributed by atoms with E-state index in [1.54, 1.807) is 0 Å². The monoisotopic (exact) mass is 483 g/mol. The standard InChI is InChI=1S/C33H26NOP/c1-36(2,35)26-16-13-23-15-18-29-31(25-12-11-21-7-3-4-9-24(21)19-25)28-17-14-22-8-5-6-10-27(22)32(28)34-33(29)30(23)20-26/h3-20,35-36H,1-2H3. The van der Waals surface area contributed by atoms with E-state index in [4.69, 9.17) is 4.98 Å². The summed E-state index contributed by atoms with van der Waals surface area (Å²) in [6.07, 6.45) is 0. The minimum atomic E-state index is -2.47. The van der Waals surface area contributed by atoms with Crippen molar-refractivity contribution in [2.75, 3.05) is 13.3 Å². The van der Waals surface area contributed by atoms with Gasteiger partial charge in [0.2, 0.25) is 0 Å².